The molecule has 1 aliphatic carbocycles. The van der Waals surface area contributed by atoms with Crippen molar-refractivity contribution in [2.45, 2.75) is 52.3 Å². The van der Waals surface area contributed by atoms with E-state index in [0.717, 1.165) is 25.5 Å². The Morgan fingerprint density at radius 2 is 2.22 bits per heavy atom. The lowest BCUT2D eigenvalue weighted by molar-refractivity contribution is 0.0159. The zero-order valence-corrected chi connectivity index (χ0v) is 11.7. The Balaban J connectivity index is 2.19. The third kappa shape index (κ3) is 2.93. The first-order valence-corrected chi connectivity index (χ1v) is 7.17. The summed E-state index contributed by atoms with van der Waals surface area (Å²) in [6.07, 6.45) is 6.79. The second kappa shape index (κ2) is 6.34. The van der Waals surface area contributed by atoms with Crippen LogP contribution in [0.1, 0.15) is 45.5 Å². The van der Waals surface area contributed by atoms with Gasteiger partial charge in [0.05, 0.1) is 12.1 Å². The third-order valence-corrected chi connectivity index (χ3v) is 3.56. The molecular formula is C14H25N3O. The number of aryl methyl sites for hydroxylation is 1. The molecule has 1 saturated carbocycles. The van der Waals surface area contributed by atoms with Crippen LogP contribution in [0, 0.1) is 5.92 Å². The largest absolute Gasteiger partial charge is 0.376 e. The number of aromatic nitrogens is 2. The summed E-state index contributed by atoms with van der Waals surface area (Å²) in [5.41, 5.74) is 0. The number of hydrogen-bond acceptors (Lipinski definition) is 3. The molecule has 1 fully saturated rings. The zero-order valence-electron chi connectivity index (χ0n) is 11.7. The van der Waals surface area contributed by atoms with Crippen LogP contribution in [-0.4, -0.2) is 28.8 Å². The van der Waals surface area contributed by atoms with Gasteiger partial charge < -0.3 is 14.6 Å². The number of rotatable bonds is 8. The van der Waals surface area contributed by atoms with Crippen LogP contribution in [0.5, 0.6) is 0 Å². The van der Waals surface area contributed by atoms with Gasteiger partial charge in [0.25, 0.3) is 0 Å². The monoisotopic (exact) mass is 251 g/mol. The molecule has 102 valence electrons. The first-order valence-electron chi connectivity index (χ1n) is 7.17. The van der Waals surface area contributed by atoms with Gasteiger partial charge in [-0.1, -0.05) is 6.92 Å². The molecule has 18 heavy (non-hydrogen) atoms. The Labute approximate surface area is 110 Å². The predicted molar refractivity (Wildman–Crippen MR) is 72.5 cm³/mol. The summed E-state index contributed by atoms with van der Waals surface area (Å²) >= 11 is 0. The fourth-order valence-corrected chi connectivity index (χ4v) is 2.56. The number of likely N-dealkylation sites (N-methyl/N-ethyl adjacent to an activating group) is 1. The summed E-state index contributed by atoms with van der Waals surface area (Å²) in [7, 11) is 0. The Morgan fingerprint density at radius 3 is 2.78 bits per heavy atom. The molecule has 1 aromatic rings. The van der Waals surface area contributed by atoms with Crippen molar-refractivity contribution in [3.05, 3.63) is 18.2 Å². The van der Waals surface area contributed by atoms with Crippen molar-refractivity contribution in [1.82, 2.24) is 14.9 Å². The van der Waals surface area contributed by atoms with E-state index in [9.17, 15) is 0 Å². The number of hydrogen-bond donors (Lipinski definition) is 1. The number of nitrogens with one attached hydrogen (secondary N) is 1. The minimum Gasteiger partial charge on any atom is -0.376 e. The summed E-state index contributed by atoms with van der Waals surface area (Å²) in [6.45, 7) is 9.04. The molecule has 1 heterocycles. The molecule has 0 radical (unpaired) electrons. The molecule has 0 spiro atoms. The Kier molecular flexibility index (Phi) is 4.78. The first kappa shape index (κ1) is 13.6. The third-order valence-electron chi connectivity index (χ3n) is 3.56. The van der Waals surface area contributed by atoms with Crippen LogP contribution in [-0.2, 0) is 11.3 Å². The summed E-state index contributed by atoms with van der Waals surface area (Å²) in [5.74, 6) is 1.82. The molecule has 0 aromatic carbocycles. The normalized spacial score (nSPS) is 18.8. The van der Waals surface area contributed by atoms with Gasteiger partial charge in [0.15, 0.2) is 0 Å². The Bertz CT molecular complexity index is 360. The van der Waals surface area contributed by atoms with E-state index in [4.69, 9.17) is 4.74 Å². The van der Waals surface area contributed by atoms with Gasteiger partial charge in [-0.05, 0) is 39.2 Å². The molecule has 0 amide bonds. The van der Waals surface area contributed by atoms with E-state index in [1.54, 1.807) is 0 Å². The van der Waals surface area contributed by atoms with Gasteiger partial charge in [-0.15, -0.1) is 0 Å². The van der Waals surface area contributed by atoms with Crippen LogP contribution in [0.3, 0.4) is 0 Å². The number of ether oxygens (including phenoxy) is 1. The standard InChI is InChI=1S/C14H25N3O/c1-4-15-12(13(18-6-3)11-7-8-11)14-16-9-10-17(14)5-2/h9-13,15H,4-8H2,1-3H3. The average Bonchev–Trinajstić information content (AvgIpc) is 3.11. The van der Waals surface area contributed by atoms with E-state index < -0.39 is 0 Å². The molecule has 0 bridgehead atoms. The second-order valence-electron chi connectivity index (χ2n) is 4.86. The predicted octanol–water partition coefficient (Wildman–Crippen LogP) is 2.37. The fourth-order valence-electron chi connectivity index (χ4n) is 2.56. The maximum Gasteiger partial charge on any atom is 0.128 e. The van der Waals surface area contributed by atoms with E-state index in [-0.39, 0.29) is 12.1 Å². The highest BCUT2D eigenvalue weighted by Crippen LogP contribution is 2.39. The minimum absolute atomic E-state index is 0.220. The molecule has 2 atom stereocenters. The maximum absolute atomic E-state index is 5.99. The average molecular weight is 251 g/mol. The molecular weight excluding hydrogens is 226 g/mol. The van der Waals surface area contributed by atoms with Gasteiger partial charge in [-0.2, -0.15) is 0 Å². The SMILES string of the molecule is CCNC(c1nccn1CC)C(OCC)C1CC1. The van der Waals surface area contributed by atoms with Crippen molar-refractivity contribution in [3.8, 4) is 0 Å². The van der Waals surface area contributed by atoms with Crippen molar-refractivity contribution in [3.63, 3.8) is 0 Å². The lowest BCUT2D eigenvalue weighted by atomic mass is 10.1. The van der Waals surface area contributed by atoms with Crippen LogP contribution in [0.15, 0.2) is 12.4 Å². The highest BCUT2D eigenvalue weighted by Gasteiger charge is 2.39. The van der Waals surface area contributed by atoms with Gasteiger partial charge in [0.1, 0.15) is 5.82 Å². The van der Waals surface area contributed by atoms with E-state index in [1.807, 2.05) is 6.20 Å². The van der Waals surface area contributed by atoms with E-state index >= 15 is 0 Å². The first-order chi connectivity index (χ1) is 8.81. The van der Waals surface area contributed by atoms with Crippen molar-refractivity contribution < 1.29 is 4.74 Å². The van der Waals surface area contributed by atoms with Gasteiger partial charge in [-0.25, -0.2) is 4.98 Å². The van der Waals surface area contributed by atoms with Crippen LogP contribution < -0.4 is 5.32 Å². The van der Waals surface area contributed by atoms with Crippen molar-refractivity contribution in [1.29, 1.82) is 0 Å². The second-order valence-corrected chi connectivity index (χ2v) is 4.86. The number of imidazole rings is 1. The molecule has 1 N–H and O–H groups in total. The molecule has 0 aliphatic heterocycles. The van der Waals surface area contributed by atoms with Gasteiger partial charge in [-0.3, -0.25) is 0 Å². The minimum atomic E-state index is 0.220. The quantitative estimate of drug-likeness (QED) is 0.771. The lowest BCUT2D eigenvalue weighted by Gasteiger charge is -2.27. The molecule has 1 aliphatic rings. The van der Waals surface area contributed by atoms with Crippen LogP contribution in [0.2, 0.25) is 0 Å². The molecule has 0 saturated heterocycles. The highest BCUT2D eigenvalue weighted by atomic mass is 16.5. The Morgan fingerprint density at radius 1 is 1.44 bits per heavy atom. The van der Waals surface area contributed by atoms with Gasteiger partial charge >= 0.3 is 0 Å². The molecule has 2 unspecified atom stereocenters. The molecule has 1 aromatic heterocycles. The summed E-state index contributed by atoms with van der Waals surface area (Å²) in [4.78, 5) is 4.54. The van der Waals surface area contributed by atoms with E-state index in [1.165, 1.54) is 12.8 Å². The highest BCUT2D eigenvalue weighted by molar-refractivity contribution is 5.05. The summed E-state index contributed by atoms with van der Waals surface area (Å²) < 4.78 is 8.20. The lowest BCUT2D eigenvalue weighted by Crippen LogP contribution is -2.37. The van der Waals surface area contributed by atoms with Crippen molar-refractivity contribution >= 4 is 0 Å². The zero-order chi connectivity index (χ0) is 13.0. The van der Waals surface area contributed by atoms with Gasteiger partial charge in [0.2, 0.25) is 0 Å². The van der Waals surface area contributed by atoms with Crippen LogP contribution in [0.25, 0.3) is 0 Å². The smallest absolute Gasteiger partial charge is 0.128 e. The number of nitrogens with zero attached hydrogens (tertiary/aromatic N) is 2. The van der Waals surface area contributed by atoms with Crippen LogP contribution in [0.4, 0.5) is 0 Å². The van der Waals surface area contributed by atoms with E-state index in [2.05, 4.69) is 41.8 Å². The van der Waals surface area contributed by atoms with Gasteiger partial charge in [0, 0.05) is 25.5 Å². The van der Waals surface area contributed by atoms with E-state index in [0.29, 0.717) is 5.92 Å². The topological polar surface area (TPSA) is 39.1 Å². The Hall–Kier alpha value is -0.870. The molecule has 4 nitrogen and oxygen atoms in total. The van der Waals surface area contributed by atoms with Crippen molar-refractivity contribution in [2.24, 2.45) is 5.92 Å². The van der Waals surface area contributed by atoms with Crippen molar-refractivity contribution in [2.75, 3.05) is 13.2 Å². The maximum atomic E-state index is 5.99. The summed E-state index contributed by atoms with van der Waals surface area (Å²) in [6, 6.07) is 0.220. The fraction of sp³-hybridized carbons (Fsp3) is 0.786. The summed E-state index contributed by atoms with van der Waals surface area (Å²) in [5, 5.41) is 3.56. The molecule has 2 rings (SSSR count). The van der Waals surface area contributed by atoms with Crippen LogP contribution >= 0.6 is 0 Å². The molecule has 4 heteroatoms.